The Labute approximate surface area is 209 Å². The molecule has 3 aromatic rings. The van der Waals surface area contributed by atoms with Gasteiger partial charge in [-0.1, -0.05) is 12.1 Å². The molecule has 0 radical (unpaired) electrons. The molecule has 36 heavy (non-hydrogen) atoms. The molecule has 0 aliphatic carbocycles. The Hall–Kier alpha value is -3.69. The van der Waals surface area contributed by atoms with Crippen LogP contribution < -0.4 is 10.2 Å². The number of ether oxygens (including phenoxy) is 2. The van der Waals surface area contributed by atoms with E-state index < -0.39 is 0 Å². The third-order valence-corrected chi connectivity index (χ3v) is 6.35. The summed E-state index contributed by atoms with van der Waals surface area (Å²) in [5.74, 6) is 0.409. The van der Waals surface area contributed by atoms with Gasteiger partial charge in [0.15, 0.2) is 0 Å². The van der Waals surface area contributed by atoms with Crippen molar-refractivity contribution in [2.75, 3.05) is 44.9 Å². The SMILES string of the molecule is COC[C@@H](NC(=O)Cc1cc2c(cn1)C(c1ccnc(N3CCOCC3)c1)=NC2)c1ccc(F)cc1. The number of carbonyl (C=O) groups excluding carboxylic acids is 1. The number of halogens is 1. The molecule has 0 saturated carbocycles. The Morgan fingerprint density at radius 3 is 2.75 bits per heavy atom. The van der Waals surface area contributed by atoms with Crippen LogP contribution in [0.2, 0.25) is 0 Å². The van der Waals surface area contributed by atoms with Crippen molar-refractivity contribution < 1.29 is 18.7 Å². The largest absolute Gasteiger partial charge is 0.382 e. The molecule has 2 aliphatic rings. The first-order valence-electron chi connectivity index (χ1n) is 12.0. The quantitative estimate of drug-likeness (QED) is 0.524. The molecule has 186 valence electrons. The van der Waals surface area contributed by atoms with Gasteiger partial charge in [0.2, 0.25) is 5.91 Å². The van der Waals surface area contributed by atoms with Gasteiger partial charge in [-0.2, -0.15) is 0 Å². The van der Waals surface area contributed by atoms with Crippen LogP contribution in [0.4, 0.5) is 10.2 Å². The summed E-state index contributed by atoms with van der Waals surface area (Å²) in [6, 6.07) is 11.6. The predicted octanol–water partition coefficient (Wildman–Crippen LogP) is 2.85. The second kappa shape index (κ2) is 10.9. The number of carbonyl (C=O) groups is 1. The number of aliphatic imine (C=N–C) groups is 1. The zero-order valence-corrected chi connectivity index (χ0v) is 20.1. The molecule has 0 bridgehead atoms. The van der Waals surface area contributed by atoms with E-state index in [1.54, 1.807) is 25.4 Å². The van der Waals surface area contributed by atoms with E-state index in [0.717, 1.165) is 46.9 Å². The Morgan fingerprint density at radius 2 is 1.97 bits per heavy atom. The van der Waals surface area contributed by atoms with Crippen LogP contribution in [0.3, 0.4) is 0 Å². The highest BCUT2D eigenvalue weighted by Crippen LogP contribution is 2.25. The number of amides is 1. The van der Waals surface area contributed by atoms with E-state index >= 15 is 0 Å². The van der Waals surface area contributed by atoms with E-state index in [-0.39, 0.29) is 30.8 Å². The maximum absolute atomic E-state index is 13.3. The number of nitrogens with one attached hydrogen (secondary N) is 1. The number of rotatable bonds is 8. The number of morpholine rings is 1. The monoisotopic (exact) mass is 489 g/mol. The molecule has 1 N–H and O–H groups in total. The van der Waals surface area contributed by atoms with Gasteiger partial charge in [-0.05, 0) is 41.5 Å². The standard InChI is InChI=1S/C27H28FN5O3/c1-35-17-24(18-2-4-21(28)5-3-18)32-26(34)14-22-12-20-15-31-27(23(20)16-30-22)19-6-7-29-25(13-19)33-8-10-36-11-9-33/h2-7,12-13,16,24H,8-11,14-15,17H2,1H3,(H,32,34)/t24-/m1/s1. The normalized spacial score (nSPS) is 15.8. The average molecular weight is 490 g/mol. The summed E-state index contributed by atoms with van der Waals surface area (Å²) in [6.07, 6.45) is 3.73. The predicted molar refractivity (Wildman–Crippen MR) is 134 cm³/mol. The highest BCUT2D eigenvalue weighted by molar-refractivity contribution is 6.15. The molecule has 5 rings (SSSR count). The lowest BCUT2D eigenvalue weighted by molar-refractivity contribution is -0.121. The Balaban J connectivity index is 1.27. The fourth-order valence-corrected chi connectivity index (χ4v) is 4.51. The third kappa shape index (κ3) is 5.42. The second-order valence-corrected chi connectivity index (χ2v) is 8.80. The zero-order valence-electron chi connectivity index (χ0n) is 20.1. The molecule has 1 saturated heterocycles. The van der Waals surface area contributed by atoms with Crippen molar-refractivity contribution in [2.45, 2.75) is 19.0 Å². The zero-order chi connectivity index (χ0) is 24.9. The van der Waals surface area contributed by atoms with Gasteiger partial charge in [0.25, 0.3) is 0 Å². The second-order valence-electron chi connectivity index (χ2n) is 8.80. The smallest absolute Gasteiger partial charge is 0.226 e. The lowest BCUT2D eigenvalue weighted by Crippen LogP contribution is -2.36. The Morgan fingerprint density at radius 1 is 1.17 bits per heavy atom. The molecular weight excluding hydrogens is 461 g/mol. The van der Waals surface area contributed by atoms with Crippen LogP contribution in [0.5, 0.6) is 0 Å². The van der Waals surface area contributed by atoms with Crippen LogP contribution in [-0.2, 0) is 27.2 Å². The molecule has 2 aromatic heterocycles. The number of anilines is 1. The summed E-state index contributed by atoms with van der Waals surface area (Å²) < 4.78 is 24.0. The first-order chi connectivity index (χ1) is 17.6. The topological polar surface area (TPSA) is 88.9 Å². The van der Waals surface area contributed by atoms with Gasteiger partial charge >= 0.3 is 0 Å². The molecule has 1 aromatic carbocycles. The number of fused-ring (bicyclic) bond motifs is 1. The maximum atomic E-state index is 13.3. The molecular formula is C27H28FN5O3. The molecule has 4 heterocycles. The number of hydrogen-bond donors (Lipinski definition) is 1. The summed E-state index contributed by atoms with van der Waals surface area (Å²) in [4.78, 5) is 28.8. The van der Waals surface area contributed by atoms with E-state index in [1.807, 2.05) is 18.3 Å². The van der Waals surface area contributed by atoms with Crippen molar-refractivity contribution >= 4 is 17.4 Å². The van der Waals surface area contributed by atoms with Gasteiger partial charge in [-0.3, -0.25) is 14.8 Å². The van der Waals surface area contributed by atoms with Gasteiger partial charge in [-0.15, -0.1) is 0 Å². The molecule has 1 fully saturated rings. The van der Waals surface area contributed by atoms with Crippen molar-refractivity contribution in [1.82, 2.24) is 15.3 Å². The minimum absolute atomic E-state index is 0.125. The molecule has 8 nitrogen and oxygen atoms in total. The molecule has 1 atom stereocenters. The molecule has 2 aliphatic heterocycles. The van der Waals surface area contributed by atoms with Crippen LogP contribution >= 0.6 is 0 Å². The first-order valence-corrected chi connectivity index (χ1v) is 12.0. The van der Waals surface area contributed by atoms with Gasteiger partial charge in [0.1, 0.15) is 11.6 Å². The van der Waals surface area contributed by atoms with Crippen molar-refractivity contribution in [3.8, 4) is 0 Å². The lowest BCUT2D eigenvalue weighted by Gasteiger charge is -2.28. The molecule has 9 heteroatoms. The third-order valence-electron chi connectivity index (χ3n) is 6.35. The average Bonchev–Trinajstić information content (AvgIpc) is 3.33. The fourth-order valence-electron chi connectivity index (χ4n) is 4.51. The number of methoxy groups -OCH3 is 1. The number of aromatic nitrogens is 2. The first kappa shape index (κ1) is 24.0. The van der Waals surface area contributed by atoms with E-state index in [2.05, 4.69) is 26.3 Å². The highest BCUT2D eigenvalue weighted by Gasteiger charge is 2.22. The summed E-state index contributed by atoms with van der Waals surface area (Å²) in [5.41, 5.74) is 5.35. The van der Waals surface area contributed by atoms with Crippen molar-refractivity contribution in [3.63, 3.8) is 0 Å². The summed E-state index contributed by atoms with van der Waals surface area (Å²) in [7, 11) is 1.56. The molecule has 1 amide bonds. The van der Waals surface area contributed by atoms with Gasteiger partial charge in [0, 0.05) is 43.7 Å². The molecule has 0 unspecified atom stereocenters. The molecule has 0 spiro atoms. The van der Waals surface area contributed by atoms with Crippen LogP contribution in [0.25, 0.3) is 0 Å². The maximum Gasteiger partial charge on any atom is 0.226 e. The summed E-state index contributed by atoms with van der Waals surface area (Å²) >= 11 is 0. The van der Waals surface area contributed by atoms with Crippen molar-refractivity contribution in [1.29, 1.82) is 0 Å². The Kier molecular flexibility index (Phi) is 7.29. The van der Waals surface area contributed by atoms with E-state index in [4.69, 9.17) is 14.5 Å². The van der Waals surface area contributed by atoms with E-state index in [1.165, 1.54) is 12.1 Å². The van der Waals surface area contributed by atoms with E-state index in [0.29, 0.717) is 25.5 Å². The van der Waals surface area contributed by atoms with Crippen molar-refractivity contribution in [3.05, 3.63) is 88.6 Å². The summed E-state index contributed by atoms with van der Waals surface area (Å²) in [5, 5.41) is 2.97. The van der Waals surface area contributed by atoms with Gasteiger partial charge in [0.05, 0.1) is 50.2 Å². The van der Waals surface area contributed by atoms with Crippen LogP contribution in [-0.4, -0.2) is 61.6 Å². The number of pyridine rings is 2. The highest BCUT2D eigenvalue weighted by atomic mass is 19.1. The fraction of sp³-hybridized carbons (Fsp3) is 0.333. The van der Waals surface area contributed by atoms with Crippen LogP contribution in [0.15, 0.2) is 59.9 Å². The van der Waals surface area contributed by atoms with Crippen LogP contribution in [0.1, 0.15) is 34.0 Å². The number of benzene rings is 1. The minimum atomic E-state index is -0.375. The van der Waals surface area contributed by atoms with Crippen LogP contribution in [0, 0.1) is 5.82 Å². The van der Waals surface area contributed by atoms with Gasteiger partial charge < -0.3 is 19.7 Å². The Bertz CT molecular complexity index is 1260. The number of nitrogens with zero attached hydrogens (tertiary/aromatic N) is 4. The van der Waals surface area contributed by atoms with Crippen molar-refractivity contribution in [2.24, 2.45) is 4.99 Å². The lowest BCUT2D eigenvalue weighted by atomic mass is 10.0. The number of hydrogen-bond acceptors (Lipinski definition) is 7. The summed E-state index contributed by atoms with van der Waals surface area (Å²) in [6.45, 7) is 3.86. The minimum Gasteiger partial charge on any atom is -0.382 e. The van der Waals surface area contributed by atoms with Gasteiger partial charge in [-0.25, -0.2) is 9.37 Å². The van der Waals surface area contributed by atoms with E-state index in [9.17, 15) is 9.18 Å².